The maximum Gasteiger partial charge on any atom is 0.0390 e. The SMILES string of the molecule is CC(C)c1cc(C(C)(C)C)c(N)c(C(C)(C)C)c1. The van der Waals surface area contributed by atoms with Gasteiger partial charge in [-0.15, -0.1) is 0 Å². The lowest BCUT2D eigenvalue weighted by molar-refractivity contribution is 0.570. The summed E-state index contributed by atoms with van der Waals surface area (Å²) in [5.41, 5.74) is 11.5. The second kappa shape index (κ2) is 4.60. The van der Waals surface area contributed by atoms with E-state index < -0.39 is 0 Å². The highest BCUT2D eigenvalue weighted by Crippen LogP contribution is 2.38. The summed E-state index contributed by atoms with van der Waals surface area (Å²) in [6.45, 7) is 17.9. The van der Waals surface area contributed by atoms with Crippen molar-refractivity contribution >= 4 is 5.69 Å². The summed E-state index contributed by atoms with van der Waals surface area (Å²) in [5, 5.41) is 0. The average molecular weight is 247 g/mol. The molecule has 0 aliphatic rings. The predicted molar refractivity (Wildman–Crippen MR) is 82.3 cm³/mol. The molecule has 0 aliphatic heterocycles. The minimum atomic E-state index is 0.0922. The molecule has 18 heavy (non-hydrogen) atoms. The van der Waals surface area contributed by atoms with Crippen molar-refractivity contribution in [1.82, 2.24) is 0 Å². The molecule has 0 amide bonds. The van der Waals surface area contributed by atoms with Gasteiger partial charge in [-0.3, -0.25) is 0 Å². The van der Waals surface area contributed by atoms with Crippen LogP contribution in [0.4, 0.5) is 5.69 Å². The van der Waals surface area contributed by atoms with E-state index in [-0.39, 0.29) is 10.8 Å². The Kier molecular flexibility index (Phi) is 3.86. The molecule has 0 saturated heterocycles. The first-order chi connectivity index (χ1) is 7.94. The van der Waals surface area contributed by atoms with Crippen LogP contribution in [0.5, 0.6) is 0 Å². The van der Waals surface area contributed by atoms with Crippen LogP contribution in [-0.2, 0) is 10.8 Å². The topological polar surface area (TPSA) is 26.0 Å². The van der Waals surface area contributed by atoms with Crippen LogP contribution in [0.1, 0.15) is 78.0 Å². The molecule has 1 aromatic rings. The number of anilines is 1. The number of rotatable bonds is 1. The van der Waals surface area contributed by atoms with Gasteiger partial charge in [0, 0.05) is 5.69 Å². The Morgan fingerprint density at radius 2 is 1.17 bits per heavy atom. The van der Waals surface area contributed by atoms with E-state index in [1.165, 1.54) is 16.7 Å². The molecule has 1 nitrogen and oxygen atoms in total. The molecular weight excluding hydrogens is 218 g/mol. The second-order valence-electron chi connectivity index (χ2n) is 7.68. The van der Waals surface area contributed by atoms with Crippen LogP contribution in [-0.4, -0.2) is 0 Å². The van der Waals surface area contributed by atoms with Crippen LogP contribution in [0.2, 0.25) is 0 Å². The van der Waals surface area contributed by atoms with Gasteiger partial charge in [-0.05, 0) is 33.4 Å². The molecule has 0 saturated carbocycles. The molecular formula is C17H29N. The van der Waals surface area contributed by atoms with Crippen molar-refractivity contribution < 1.29 is 0 Å². The van der Waals surface area contributed by atoms with E-state index in [0.29, 0.717) is 5.92 Å². The Morgan fingerprint density at radius 3 is 1.39 bits per heavy atom. The predicted octanol–water partition coefficient (Wildman–Crippen LogP) is 4.99. The summed E-state index contributed by atoms with van der Waals surface area (Å²) in [4.78, 5) is 0. The van der Waals surface area contributed by atoms with Crippen molar-refractivity contribution in [3.8, 4) is 0 Å². The van der Waals surface area contributed by atoms with E-state index in [9.17, 15) is 0 Å². The quantitative estimate of drug-likeness (QED) is 0.695. The second-order valence-corrected chi connectivity index (χ2v) is 7.68. The van der Waals surface area contributed by atoms with Crippen LogP contribution in [0.3, 0.4) is 0 Å². The number of hydrogen-bond acceptors (Lipinski definition) is 1. The maximum absolute atomic E-state index is 6.42. The number of nitrogens with two attached hydrogens (primary N) is 1. The van der Waals surface area contributed by atoms with Gasteiger partial charge in [0.2, 0.25) is 0 Å². The molecule has 0 radical (unpaired) electrons. The highest BCUT2D eigenvalue weighted by Gasteiger charge is 2.25. The zero-order valence-electron chi connectivity index (χ0n) is 13.3. The molecule has 102 valence electrons. The van der Waals surface area contributed by atoms with Crippen LogP contribution in [0.25, 0.3) is 0 Å². The minimum Gasteiger partial charge on any atom is -0.398 e. The Hall–Kier alpha value is -0.980. The molecule has 0 bridgehead atoms. The van der Waals surface area contributed by atoms with Gasteiger partial charge in [0.1, 0.15) is 0 Å². The zero-order chi connectivity index (χ0) is 14.3. The molecule has 0 atom stereocenters. The van der Waals surface area contributed by atoms with Crippen molar-refractivity contribution in [2.75, 3.05) is 5.73 Å². The summed E-state index contributed by atoms with van der Waals surface area (Å²) in [7, 11) is 0. The van der Waals surface area contributed by atoms with E-state index >= 15 is 0 Å². The lowest BCUT2D eigenvalue weighted by Crippen LogP contribution is -2.21. The smallest absolute Gasteiger partial charge is 0.0390 e. The van der Waals surface area contributed by atoms with Gasteiger partial charge in [-0.2, -0.15) is 0 Å². The number of nitrogen functional groups attached to an aromatic ring is 1. The molecule has 0 aliphatic carbocycles. The van der Waals surface area contributed by atoms with Gasteiger partial charge >= 0.3 is 0 Å². The Morgan fingerprint density at radius 1 is 0.833 bits per heavy atom. The van der Waals surface area contributed by atoms with Crippen molar-refractivity contribution in [1.29, 1.82) is 0 Å². The Labute approximate surface area is 113 Å². The van der Waals surface area contributed by atoms with Gasteiger partial charge in [-0.1, -0.05) is 67.5 Å². The average Bonchev–Trinajstić information content (AvgIpc) is 2.13. The van der Waals surface area contributed by atoms with Gasteiger partial charge < -0.3 is 5.73 Å². The molecule has 1 rings (SSSR count). The Bertz CT molecular complexity index is 393. The maximum atomic E-state index is 6.42. The molecule has 1 heteroatoms. The number of hydrogen-bond donors (Lipinski definition) is 1. The molecule has 0 spiro atoms. The molecule has 0 unspecified atom stereocenters. The fourth-order valence-electron chi connectivity index (χ4n) is 2.25. The highest BCUT2D eigenvalue weighted by molar-refractivity contribution is 5.60. The van der Waals surface area contributed by atoms with Crippen molar-refractivity contribution in [3.05, 3.63) is 28.8 Å². The van der Waals surface area contributed by atoms with E-state index in [1.54, 1.807) is 0 Å². The first-order valence-corrected chi connectivity index (χ1v) is 6.89. The van der Waals surface area contributed by atoms with Crippen LogP contribution in [0, 0.1) is 0 Å². The summed E-state index contributed by atoms with van der Waals surface area (Å²) in [6, 6.07) is 4.57. The first kappa shape index (κ1) is 15.1. The summed E-state index contributed by atoms with van der Waals surface area (Å²) < 4.78 is 0. The summed E-state index contributed by atoms with van der Waals surface area (Å²) in [6.07, 6.45) is 0. The fourth-order valence-corrected chi connectivity index (χ4v) is 2.25. The lowest BCUT2D eigenvalue weighted by Gasteiger charge is -2.30. The van der Waals surface area contributed by atoms with Crippen LogP contribution in [0.15, 0.2) is 12.1 Å². The van der Waals surface area contributed by atoms with Gasteiger partial charge in [0.05, 0.1) is 0 Å². The zero-order valence-corrected chi connectivity index (χ0v) is 13.3. The van der Waals surface area contributed by atoms with Gasteiger partial charge in [0.15, 0.2) is 0 Å². The molecule has 0 aromatic heterocycles. The minimum absolute atomic E-state index is 0.0922. The van der Waals surface area contributed by atoms with Crippen LogP contribution < -0.4 is 5.73 Å². The van der Waals surface area contributed by atoms with Crippen molar-refractivity contribution in [3.63, 3.8) is 0 Å². The van der Waals surface area contributed by atoms with E-state index in [0.717, 1.165) is 5.69 Å². The molecule has 1 aromatic carbocycles. The molecule has 2 N–H and O–H groups in total. The van der Waals surface area contributed by atoms with E-state index in [2.05, 4.69) is 67.5 Å². The normalized spacial score (nSPS) is 13.2. The summed E-state index contributed by atoms with van der Waals surface area (Å²) >= 11 is 0. The fraction of sp³-hybridized carbons (Fsp3) is 0.647. The van der Waals surface area contributed by atoms with Gasteiger partial charge in [0.25, 0.3) is 0 Å². The third kappa shape index (κ3) is 3.07. The lowest BCUT2D eigenvalue weighted by atomic mass is 9.77. The van der Waals surface area contributed by atoms with Gasteiger partial charge in [-0.25, -0.2) is 0 Å². The summed E-state index contributed by atoms with van der Waals surface area (Å²) in [5.74, 6) is 0.535. The van der Waals surface area contributed by atoms with Crippen LogP contribution >= 0.6 is 0 Å². The highest BCUT2D eigenvalue weighted by atomic mass is 14.6. The third-order valence-corrected chi connectivity index (χ3v) is 3.49. The first-order valence-electron chi connectivity index (χ1n) is 6.89. The third-order valence-electron chi connectivity index (χ3n) is 3.49. The van der Waals surface area contributed by atoms with E-state index in [4.69, 9.17) is 5.73 Å². The van der Waals surface area contributed by atoms with Crippen molar-refractivity contribution in [2.24, 2.45) is 0 Å². The Balaban J connectivity index is 3.59. The molecule has 0 heterocycles. The van der Waals surface area contributed by atoms with Crippen molar-refractivity contribution in [2.45, 2.75) is 72.1 Å². The number of benzene rings is 1. The monoisotopic (exact) mass is 247 g/mol. The molecule has 0 fully saturated rings. The van der Waals surface area contributed by atoms with E-state index in [1.807, 2.05) is 0 Å². The largest absolute Gasteiger partial charge is 0.398 e. The standard InChI is InChI=1S/C17H29N/c1-11(2)12-9-13(16(3,4)5)15(18)14(10-12)17(6,7)8/h9-11H,18H2,1-8H3.